The highest BCUT2D eigenvalue weighted by atomic mass is 79.9. The number of carboxylic acids is 1. The first-order chi connectivity index (χ1) is 13.7. The highest BCUT2D eigenvalue weighted by Crippen LogP contribution is 2.36. The fourth-order valence-electron chi connectivity index (χ4n) is 2.83. The zero-order chi connectivity index (χ0) is 21.3. The summed E-state index contributed by atoms with van der Waals surface area (Å²) in [5.41, 5.74) is 2.14. The molecular formula is C21H18Br2N2O4. The van der Waals surface area contributed by atoms with Crippen LogP contribution in [0, 0.1) is 0 Å². The first-order valence-electron chi connectivity index (χ1n) is 8.78. The maximum absolute atomic E-state index is 13.0. The number of carbonyl (C=O) groups is 2. The molecule has 6 nitrogen and oxygen atoms in total. The van der Waals surface area contributed by atoms with Crippen LogP contribution < -0.4 is 9.75 Å². The molecule has 1 N–H and O–H groups in total. The molecule has 1 aliphatic heterocycles. The molecule has 1 amide bonds. The summed E-state index contributed by atoms with van der Waals surface area (Å²) < 4.78 is 7.52. The molecule has 2 aromatic carbocycles. The Hall–Kier alpha value is -2.45. The van der Waals surface area contributed by atoms with Crippen molar-refractivity contribution in [1.82, 2.24) is 0 Å². The fourth-order valence-corrected chi connectivity index (χ4v) is 4.18. The minimum absolute atomic E-state index is 0.0473. The van der Waals surface area contributed by atoms with E-state index in [1.807, 2.05) is 26.0 Å². The van der Waals surface area contributed by atoms with Gasteiger partial charge in [0.1, 0.15) is 5.75 Å². The summed E-state index contributed by atoms with van der Waals surface area (Å²) in [6.07, 6.45) is 1.68. The second-order valence-electron chi connectivity index (χ2n) is 6.69. The number of carbonyl (C=O) groups excluding carboxylic acids is 1. The Kier molecular flexibility index (Phi) is 6.24. The van der Waals surface area contributed by atoms with Crippen molar-refractivity contribution in [1.29, 1.82) is 0 Å². The van der Waals surface area contributed by atoms with Gasteiger partial charge in [0.25, 0.3) is 5.91 Å². The third-order valence-electron chi connectivity index (χ3n) is 4.09. The maximum atomic E-state index is 13.0. The van der Waals surface area contributed by atoms with E-state index in [0.29, 0.717) is 22.7 Å². The van der Waals surface area contributed by atoms with Gasteiger partial charge in [0.05, 0.1) is 33.1 Å². The van der Waals surface area contributed by atoms with Crippen molar-refractivity contribution in [3.63, 3.8) is 0 Å². The van der Waals surface area contributed by atoms with Crippen LogP contribution >= 0.6 is 31.9 Å². The molecule has 0 aromatic heterocycles. The Morgan fingerprint density at radius 1 is 1.24 bits per heavy atom. The number of nitrogens with zero attached hydrogens (tertiary/aromatic N) is 2. The SMILES string of the molecule is CC1=NN(c2cccc(C(=O)O)c2)C(=O)/C1=C/c1cc(Br)cc(Br)c1OC(C)C. The topological polar surface area (TPSA) is 79.2 Å². The Morgan fingerprint density at radius 3 is 2.62 bits per heavy atom. The predicted molar refractivity (Wildman–Crippen MR) is 120 cm³/mol. The summed E-state index contributed by atoms with van der Waals surface area (Å²) >= 11 is 6.98. The molecule has 2 aromatic rings. The van der Waals surface area contributed by atoms with E-state index in [0.717, 1.165) is 14.5 Å². The van der Waals surface area contributed by atoms with Crippen molar-refractivity contribution in [3.05, 3.63) is 62.0 Å². The van der Waals surface area contributed by atoms with Crippen LogP contribution in [-0.2, 0) is 4.79 Å². The number of amides is 1. The zero-order valence-electron chi connectivity index (χ0n) is 15.9. The smallest absolute Gasteiger partial charge is 0.335 e. The molecule has 0 radical (unpaired) electrons. The Labute approximate surface area is 185 Å². The van der Waals surface area contributed by atoms with Gasteiger partial charge in [-0.15, -0.1) is 0 Å². The second-order valence-corrected chi connectivity index (χ2v) is 8.46. The first kappa shape index (κ1) is 21.3. The van der Waals surface area contributed by atoms with Crippen molar-refractivity contribution in [2.45, 2.75) is 26.9 Å². The summed E-state index contributed by atoms with van der Waals surface area (Å²) in [5, 5.41) is 14.7. The zero-order valence-corrected chi connectivity index (χ0v) is 19.1. The van der Waals surface area contributed by atoms with Gasteiger partial charge in [0.2, 0.25) is 0 Å². The summed E-state index contributed by atoms with van der Waals surface area (Å²) in [6.45, 7) is 5.59. The van der Waals surface area contributed by atoms with E-state index in [9.17, 15) is 14.7 Å². The van der Waals surface area contributed by atoms with Crippen LogP contribution in [-0.4, -0.2) is 28.8 Å². The van der Waals surface area contributed by atoms with Crippen molar-refractivity contribution in [2.24, 2.45) is 5.10 Å². The van der Waals surface area contributed by atoms with Gasteiger partial charge in [-0.1, -0.05) is 22.0 Å². The maximum Gasteiger partial charge on any atom is 0.335 e. The van der Waals surface area contributed by atoms with E-state index in [2.05, 4.69) is 37.0 Å². The van der Waals surface area contributed by atoms with Crippen molar-refractivity contribution >= 4 is 61.2 Å². The standard InChI is InChI=1S/C21H18Br2N2O4/c1-11(2)29-19-14(7-15(22)10-18(19)23)9-17-12(3)24-25(20(17)26)16-6-4-5-13(8-16)21(27)28/h4-11H,1-3H3,(H,27,28)/b17-9+. The molecule has 0 saturated heterocycles. The minimum Gasteiger partial charge on any atom is -0.489 e. The van der Waals surface area contributed by atoms with Crippen LogP contribution in [0.1, 0.15) is 36.7 Å². The van der Waals surface area contributed by atoms with Gasteiger partial charge >= 0.3 is 5.97 Å². The lowest BCUT2D eigenvalue weighted by Gasteiger charge is -2.15. The lowest BCUT2D eigenvalue weighted by Crippen LogP contribution is -2.21. The van der Waals surface area contributed by atoms with E-state index < -0.39 is 5.97 Å². The van der Waals surface area contributed by atoms with E-state index >= 15 is 0 Å². The summed E-state index contributed by atoms with van der Waals surface area (Å²) in [7, 11) is 0. The Bertz CT molecular complexity index is 1060. The van der Waals surface area contributed by atoms with Crippen molar-refractivity contribution in [2.75, 3.05) is 5.01 Å². The highest BCUT2D eigenvalue weighted by molar-refractivity contribution is 9.11. The van der Waals surface area contributed by atoms with E-state index in [4.69, 9.17) is 4.74 Å². The minimum atomic E-state index is -1.07. The molecule has 0 atom stereocenters. The number of hydrogen-bond donors (Lipinski definition) is 1. The predicted octanol–water partition coefficient (Wildman–Crippen LogP) is 5.50. The van der Waals surface area contributed by atoms with Gasteiger partial charge in [0.15, 0.2) is 0 Å². The van der Waals surface area contributed by atoms with Crippen molar-refractivity contribution in [3.8, 4) is 5.75 Å². The summed E-state index contributed by atoms with van der Waals surface area (Å²) in [5.74, 6) is -0.774. The van der Waals surface area contributed by atoms with Crippen LogP contribution in [0.3, 0.4) is 0 Å². The molecule has 0 fully saturated rings. The van der Waals surface area contributed by atoms with Gasteiger partial charge in [-0.3, -0.25) is 4.79 Å². The van der Waals surface area contributed by atoms with Crippen LogP contribution in [0.5, 0.6) is 5.75 Å². The monoisotopic (exact) mass is 520 g/mol. The third kappa shape index (κ3) is 4.59. The number of aromatic carboxylic acids is 1. The van der Waals surface area contributed by atoms with E-state index in [1.54, 1.807) is 25.1 Å². The molecule has 8 heteroatoms. The lowest BCUT2D eigenvalue weighted by atomic mass is 10.1. The highest BCUT2D eigenvalue weighted by Gasteiger charge is 2.29. The molecule has 0 spiro atoms. The first-order valence-corrected chi connectivity index (χ1v) is 10.4. The summed E-state index contributed by atoms with van der Waals surface area (Å²) in [4.78, 5) is 24.3. The molecule has 1 heterocycles. The van der Waals surface area contributed by atoms with Crippen LogP contribution in [0.2, 0.25) is 0 Å². The molecule has 0 unspecified atom stereocenters. The average molecular weight is 522 g/mol. The summed E-state index contributed by atoms with van der Waals surface area (Å²) in [6, 6.07) is 9.85. The number of anilines is 1. The largest absolute Gasteiger partial charge is 0.489 e. The average Bonchev–Trinajstić information content (AvgIpc) is 2.92. The molecule has 29 heavy (non-hydrogen) atoms. The van der Waals surface area contributed by atoms with Crippen molar-refractivity contribution < 1.29 is 19.4 Å². The quantitative estimate of drug-likeness (QED) is 0.526. The normalized spacial score (nSPS) is 15.2. The number of hydrogen-bond acceptors (Lipinski definition) is 4. The molecular weight excluding hydrogens is 504 g/mol. The number of carboxylic acid groups (broad SMARTS) is 1. The third-order valence-corrected chi connectivity index (χ3v) is 5.14. The molecule has 0 bridgehead atoms. The molecule has 1 aliphatic rings. The number of benzene rings is 2. The molecule has 150 valence electrons. The fraction of sp³-hybridized carbons (Fsp3) is 0.190. The van der Waals surface area contributed by atoms with Crippen LogP contribution in [0.4, 0.5) is 5.69 Å². The molecule has 3 rings (SSSR count). The van der Waals surface area contributed by atoms with Crippen LogP contribution in [0.15, 0.2) is 56.0 Å². The number of ether oxygens (including phenoxy) is 1. The Balaban J connectivity index is 2.03. The van der Waals surface area contributed by atoms with Gasteiger partial charge in [-0.25, -0.2) is 4.79 Å². The van der Waals surface area contributed by atoms with E-state index in [-0.39, 0.29) is 17.6 Å². The number of halogens is 2. The van der Waals surface area contributed by atoms with E-state index in [1.165, 1.54) is 17.1 Å². The number of hydrazone groups is 1. The number of rotatable bonds is 5. The van der Waals surface area contributed by atoms with Gasteiger partial charge in [0, 0.05) is 10.0 Å². The molecule has 0 saturated carbocycles. The Morgan fingerprint density at radius 2 is 1.97 bits per heavy atom. The van der Waals surface area contributed by atoms with Gasteiger partial charge in [-0.2, -0.15) is 10.1 Å². The van der Waals surface area contributed by atoms with Gasteiger partial charge < -0.3 is 9.84 Å². The second kappa shape index (κ2) is 8.51. The van der Waals surface area contributed by atoms with Gasteiger partial charge in [-0.05, 0) is 73.1 Å². The lowest BCUT2D eigenvalue weighted by molar-refractivity contribution is -0.114. The van der Waals surface area contributed by atoms with Crippen LogP contribution in [0.25, 0.3) is 6.08 Å². The molecule has 0 aliphatic carbocycles.